The number of carbonyl (C=O) groups is 1. The average molecular weight is 390 g/mol. The summed E-state index contributed by atoms with van der Waals surface area (Å²) in [6, 6.07) is 17.1. The van der Waals surface area contributed by atoms with Crippen molar-refractivity contribution in [2.75, 3.05) is 5.32 Å². The number of benzene rings is 3. The molecule has 0 aliphatic carbocycles. The zero-order valence-electron chi connectivity index (χ0n) is 15.4. The van der Waals surface area contributed by atoms with Crippen molar-refractivity contribution in [2.45, 2.75) is 6.92 Å². The number of anilines is 1. The highest BCUT2D eigenvalue weighted by molar-refractivity contribution is 6.04. The number of carbonyl (C=O) groups excluding carboxylic acids is 1. The van der Waals surface area contributed by atoms with Crippen LogP contribution in [0.15, 0.2) is 73.1 Å². The van der Waals surface area contributed by atoms with Crippen LogP contribution in [-0.4, -0.2) is 20.7 Å². The number of aryl methyl sites for hydroxylation is 1. The molecule has 1 aromatic heterocycles. The van der Waals surface area contributed by atoms with E-state index in [1.165, 1.54) is 24.3 Å². The molecule has 3 aromatic carbocycles. The van der Waals surface area contributed by atoms with E-state index in [9.17, 15) is 13.6 Å². The summed E-state index contributed by atoms with van der Waals surface area (Å²) in [7, 11) is 0. The molecule has 29 heavy (non-hydrogen) atoms. The van der Waals surface area contributed by atoms with E-state index in [0.29, 0.717) is 22.6 Å². The second-order valence-electron chi connectivity index (χ2n) is 6.45. The molecule has 0 aliphatic heterocycles. The molecule has 0 aliphatic rings. The van der Waals surface area contributed by atoms with Crippen molar-refractivity contribution in [3.63, 3.8) is 0 Å². The third-order valence-corrected chi connectivity index (χ3v) is 4.49. The van der Waals surface area contributed by atoms with Gasteiger partial charge < -0.3 is 5.32 Å². The lowest BCUT2D eigenvalue weighted by atomic mass is 10.0. The molecular formula is C22H16F2N4O. The van der Waals surface area contributed by atoms with E-state index < -0.39 is 11.7 Å². The molecule has 1 heterocycles. The van der Waals surface area contributed by atoms with Gasteiger partial charge >= 0.3 is 0 Å². The molecule has 0 fully saturated rings. The van der Waals surface area contributed by atoms with Crippen LogP contribution in [0.1, 0.15) is 16.2 Å². The molecule has 0 bridgehead atoms. The lowest BCUT2D eigenvalue weighted by Gasteiger charge is -2.10. The van der Waals surface area contributed by atoms with Gasteiger partial charge in [-0.25, -0.2) is 8.78 Å². The molecule has 4 aromatic rings. The molecule has 4 rings (SSSR count). The van der Waals surface area contributed by atoms with Crippen LogP contribution in [0.5, 0.6) is 0 Å². The van der Waals surface area contributed by atoms with E-state index in [0.717, 1.165) is 5.69 Å². The summed E-state index contributed by atoms with van der Waals surface area (Å²) in [5.74, 6) is -0.883. The van der Waals surface area contributed by atoms with E-state index >= 15 is 0 Å². The SMILES string of the molecule is Cc1nncn1-c1cccc(NC(=O)c2ccc(-c3ccc(F)cc3)cc2F)c1. The molecule has 0 atom stereocenters. The minimum absolute atomic E-state index is 0.0817. The lowest BCUT2D eigenvalue weighted by Crippen LogP contribution is -2.14. The molecule has 5 nitrogen and oxygen atoms in total. The van der Waals surface area contributed by atoms with Gasteiger partial charge in [0.2, 0.25) is 0 Å². The smallest absolute Gasteiger partial charge is 0.258 e. The number of nitrogens with one attached hydrogen (secondary N) is 1. The number of halogens is 2. The highest BCUT2D eigenvalue weighted by Gasteiger charge is 2.14. The Balaban J connectivity index is 1.56. The topological polar surface area (TPSA) is 59.8 Å². The molecule has 0 saturated carbocycles. The maximum Gasteiger partial charge on any atom is 0.258 e. The molecule has 1 amide bonds. The molecule has 1 N–H and O–H groups in total. The van der Waals surface area contributed by atoms with Crippen LogP contribution < -0.4 is 5.32 Å². The van der Waals surface area contributed by atoms with Gasteiger partial charge in [-0.1, -0.05) is 24.3 Å². The van der Waals surface area contributed by atoms with E-state index in [1.54, 1.807) is 47.3 Å². The Kier molecular flexibility index (Phi) is 4.87. The molecule has 0 saturated heterocycles. The second kappa shape index (κ2) is 7.63. The number of rotatable bonds is 4. The number of nitrogens with zero attached hydrogens (tertiary/aromatic N) is 3. The zero-order chi connectivity index (χ0) is 20.4. The van der Waals surface area contributed by atoms with Gasteiger partial charge in [-0.05, 0) is 60.5 Å². The fourth-order valence-corrected chi connectivity index (χ4v) is 3.00. The van der Waals surface area contributed by atoms with Crippen molar-refractivity contribution in [1.82, 2.24) is 14.8 Å². The molecule has 144 valence electrons. The Bertz CT molecular complexity index is 1190. The van der Waals surface area contributed by atoms with Crippen LogP contribution in [0, 0.1) is 18.6 Å². The van der Waals surface area contributed by atoms with Crippen molar-refractivity contribution in [3.8, 4) is 16.8 Å². The lowest BCUT2D eigenvalue weighted by molar-refractivity contribution is 0.102. The third kappa shape index (κ3) is 3.89. The van der Waals surface area contributed by atoms with Crippen LogP contribution in [0.3, 0.4) is 0 Å². The van der Waals surface area contributed by atoms with Gasteiger partial charge in [0, 0.05) is 5.69 Å². The predicted octanol–water partition coefficient (Wildman–Crippen LogP) is 4.77. The summed E-state index contributed by atoms with van der Waals surface area (Å²) in [5, 5.41) is 10.5. The number of aromatic nitrogens is 3. The summed E-state index contributed by atoms with van der Waals surface area (Å²) in [6.45, 7) is 1.82. The molecule has 0 spiro atoms. The Labute approximate surface area is 165 Å². The number of hydrogen-bond donors (Lipinski definition) is 1. The Morgan fingerprint density at radius 2 is 1.72 bits per heavy atom. The minimum Gasteiger partial charge on any atom is -0.322 e. The number of amides is 1. The van der Waals surface area contributed by atoms with E-state index in [-0.39, 0.29) is 11.4 Å². The van der Waals surface area contributed by atoms with Crippen molar-refractivity contribution < 1.29 is 13.6 Å². The van der Waals surface area contributed by atoms with Crippen LogP contribution in [0.4, 0.5) is 14.5 Å². The predicted molar refractivity (Wildman–Crippen MR) is 106 cm³/mol. The third-order valence-electron chi connectivity index (χ3n) is 4.49. The summed E-state index contributed by atoms with van der Waals surface area (Å²) < 4.78 is 29.4. The van der Waals surface area contributed by atoms with Gasteiger partial charge in [-0.3, -0.25) is 9.36 Å². The van der Waals surface area contributed by atoms with Gasteiger partial charge in [0.15, 0.2) is 0 Å². The minimum atomic E-state index is -0.657. The first kappa shape index (κ1) is 18.5. The maximum atomic E-state index is 14.6. The first-order chi connectivity index (χ1) is 14.0. The normalized spacial score (nSPS) is 10.7. The molecule has 7 heteroatoms. The van der Waals surface area contributed by atoms with Crippen molar-refractivity contribution in [1.29, 1.82) is 0 Å². The average Bonchev–Trinajstić information content (AvgIpc) is 3.14. The zero-order valence-corrected chi connectivity index (χ0v) is 15.4. The first-order valence-corrected chi connectivity index (χ1v) is 8.85. The summed E-state index contributed by atoms with van der Waals surface area (Å²) in [6.07, 6.45) is 1.57. The Hall–Kier alpha value is -3.87. The highest BCUT2D eigenvalue weighted by atomic mass is 19.1. The Morgan fingerprint density at radius 1 is 0.966 bits per heavy atom. The summed E-state index contributed by atoms with van der Waals surface area (Å²) in [4.78, 5) is 12.6. The number of hydrogen-bond acceptors (Lipinski definition) is 3. The van der Waals surface area contributed by atoms with Crippen LogP contribution >= 0.6 is 0 Å². The van der Waals surface area contributed by atoms with Crippen LogP contribution in [-0.2, 0) is 0 Å². The largest absolute Gasteiger partial charge is 0.322 e. The van der Waals surface area contributed by atoms with E-state index in [4.69, 9.17) is 0 Å². The van der Waals surface area contributed by atoms with E-state index in [2.05, 4.69) is 15.5 Å². The van der Waals surface area contributed by atoms with Gasteiger partial charge in [-0.2, -0.15) is 0 Å². The second-order valence-corrected chi connectivity index (χ2v) is 6.45. The van der Waals surface area contributed by atoms with Crippen molar-refractivity contribution in [3.05, 3.63) is 96.1 Å². The summed E-state index contributed by atoms with van der Waals surface area (Å²) in [5.41, 5.74) is 2.43. The monoisotopic (exact) mass is 390 g/mol. The van der Waals surface area contributed by atoms with Crippen LogP contribution in [0.2, 0.25) is 0 Å². The fourth-order valence-electron chi connectivity index (χ4n) is 3.00. The molecular weight excluding hydrogens is 374 g/mol. The summed E-state index contributed by atoms with van der Waals surface area (Å²) >= 11 is 0. The Morgan fingerprint density at radius 3 is 2.41 bits per heavy atom. The highest BCUT2D eigenvalue weighted by Crippen LogP contribution is 2.23. The van der Waals surface area contributed by atoms with Crippen molar-refractivity contribution in [2.24, 2.45) is 0 Å². The molecule has 0 unspecified atom stereocenters. The van der Waals surface area contributed by atoms with Gasteiger partial charge in [-0.15, -0.1) is 10.2 Å². The standard InChI is InChI=1S/C22H16F2N4O/c1-14-27-25-13-28(14)19-4-2-3-18(12-19)26-22(29)20-10-7-16(11-21(20)24)15-5-8-17(23)9-6-15/h2-13H,1H3,(H,26,29). The molecule has 0 radical (unpaired) electrons. The quantitative estimate of drug-likeness (QED) is 0.546. The van der Waals surface area contributed by atoms with Gasteiger partial charge in [0.1, 0.15) is 23.8 Å². The fraction of sp³-hybridized carbons (Fsp3) is 0.0455. The van der Waals surface area contributed by atoms with Crippen molar-refractivity contribution >= 4 is 11.6 Å². The van der Waals surface area contributed by atoms with Crippen LogP contribution in [0.25, 0.3) is 16.8 Å². The maximum absolute atomic E-state index is 14.6. The van der Waals surface area contributed by atoms with Gasteiger partial charge in [0.25, 0.3) is 5.91 Å². The van der Waals surface area contributed by atoms with Gasteiger partial charge in [0.05, 0.1) is 11.3 Å². The first-order valence-electron chi connectivity index (χ1n) is 8.85. The van der Waals surface area contributed by atoms with E-state index in [1.807, 2.05) is 13.0 Å².